The van der Waals surface area contributed by atoms with Crippen molar-refractivity contribution in [2.24, 2.45) is 0 Å². The molecule has 0 aliphatic carbocycles. The van der Waals surface area contributed by atoms with Gasteiger partial charge in [-0.1, -0.05) is 30.3 Å². The number of nitrogens with zero attached hydrogens (tertiary/aromatic N) is 3. The van der Waals surface area contributed by atoms with E-state index in [1.165, 1.54) is 0 Å². The van der Waals surface area contributed by atoms with Crippen molar-refractivity contribution in [2.45, 2.75) is 11.9 Å². The van der Waals surface area contributed by atoms with Crippen LogP contribution in [-0.2, 0) is 6.54 Å². The van der Waals surface area contributed by atoms with Gasteiger partial charge in [0.1, 0.15) is 5.38 Å². The van der Waals surface area contributed by atoms with E-state index < -0.39 is 5.38 Å². The first-order valence-corrected chi connectivity index (χ1v) is 5.35. The van der Waals surface area contributed by atoms with Crippen LogP contribution >= 0.6 is 11.6 Å². The van der Waals surface area contributed by atoms with Gasteiger partial charge < -0.3 is 0 Å². The van der Waals surface area contributed by atoms with Crippen molar-refractivity contribution in [1.29, 1.82) is 5.26 Å². The molecule has 0 bridgehead atoms. The minimum atomic E-state index is -0.538. The average molecular weight is 232 g/mol. The fraction of sp³-hybridized carbons (Fsp3) is 0.167. The molecule has 1 unspecified atom stereocenters. The van der Waals surface area contributed by atoms with Crippen molar-refractivity contribution in [2.75, 3.05) is 0 Å². The molecule has 2 aromatic rings. The second kappa shape index (κ2) is 4.82. The Kier molecular flexibility index (Phi) is 3.23. The van der Waals surface area contributed by atoms with E-state index in [-0.39, 0.29) is 0 Å². The number of halogens is 1. The first-order valence-electron chi connectivity index (χ1n) is 4.91. The molecular formula is C12H10ClN3. The Balaban J connectivity index is 2.18. The summed E-state index contributed by atoms with van der Waals surface area (Å²) < 4.78 is 1.68. The normalized spacial score (nSPS) is 12.0. The maximum absolute atomic E-state index is 8.60. The number of alkyl halides is 1. The molecule has 0 fully saturated rings. The lowest BCUT2D eigenvalue weighted by Crippen LogP contribution is -2.08. The van der Waals surface area contributed by atoms with E-state index in [0.717, 1.165) is 11.1 Å². The zero-order valence-corrected chi connectivity index (χ0v) is 9.30. The van der Waals surface area contributed by atoms with Gasteiger partial charge in [0.05, 0.1) is 18.8 Å². The van der Waals surface area contributed by atoms with Crippen molar-refractivity contribution in [3.05, 3.63) is 42.7 Å². The molecule has 4 heteroatoms. The van der Waals surface area contributed by atoms with Gasteiger partial charge in [-0.25, -0.2) is 0 Å². The SMILES string of the molecule is N#CC(Cl)Cn1cc(-c2ccccc2)cn1. The summed E-state index contributed by atoms with van der Waals surface area (Å²) in [6, 6.07) is 11.9. The number of nitriles is 1. The molecule has 0 saturated carbocycles. The third kappa shape index (κ3) is 2.41. The maximum Gasteiger partial charge on any atom is 0.140 e. The van der Waals surface area contributed by atoms with Crippen LogP contribution in [0.3, 0.4) is 0 Å². The van der Waals surface area contributed by atoms with Gasteiger partial charge in [0.15, 0.2) is 0 Å². The Hall–Kier alpha value is -1.79. The monoisotopic (exact) mass is 231 g/mol. The molecule has 80 valence electrons. The standard InChI is InChI=1S/C12H10ClN3/c13-12(6-14)9-16-8-11(7-15-16)10-4-2-1-3-5-10/h1-5,7-8,12H,9H2. The van der Waals surface area contributed by atoms with Gasteiger partial charge in [-0.15, -0.1) is 11.6 Å². The van der Waals surface area contributed by atoms with Gasteiger partial charge in [0.25, 0.3) is 0 Å². The van der Waals surface area contributed by atoms with Crippen molar-refractivity contribution in [1.82, 2.24) is 9.78 Å². The van der Waals surface area contributed by atoms with Crippen LogP contribution in [0, 0.1) is 11.3 Å². The Morgan fingerprint density at radius 3 is 2.75 bits per heavy atom. The second-order valence-electron chi connectivity index (χ2n) is 3.41. The van der Waals surface area contributed by atoms with Crippen LogP contribution in [-0.4, -0.2) is 15.2 Å². The summed E-state index contributed by atoms with van der Waals surface area (Å²) in [6.45, 7) is 0.408. The average Bonchev–Trinajstić information content (AvgIpc) is 2.78. The first-order chi connectivity index (χ1) is 7.79. The van der Waals surface area contributed by atoms with Gasteiger partial charge in [-0.3, -0.25) is 4.68 Å². The smallest absolute Gasteiger partial charge is 0.140 e. The van der Waals surface area contributed by atoms with Crippen LogP contribution in [0.25, 0.3) is 11.1 Å². The highest BCUT2D eigenvalue weighted by Crippen LogP contribution is 2.17. The van der Waals surface area contributed by atoms with Crippen molar-refractivity contribution >= 4 is 11.6 Å². The van der Waals surface area contributed by atoms with E-state index in [2.05, 4.69) is 5.10 Å². The molecule has 0 amide bonds. The molecule has 3 nitrogen and oxygen atoms in total. The van der Waals surface area contributed by atoms with Crippen LogP contribution < -0.4 is 0 Å². The fourth-order valence-corrected chi connectivity index (χ4v) is 1.59. The van der Waals surface area contributed by atoms with Crippen LogP contribution in [0.15, 0.2) is 42.7 Å². The quantitative estimate of drug-likeness (QED) is 0.763. The summed E-state index contributed by atoms with van der Waals surface area (Å²) >= 11 is 5.73. The molecule has 0 N–H and O–H groups in total. The minimum Gasteiger partial charge on any atom is -0.270 e. The number of hydrogen-bond acceptors (Lipinski definition) is 2. The van der Waals surface area contributed by atoms with Gasteiger partial charge in [-0.05, 0) is 5.56 Å². The van der Waals surface area contributed by atoms with Gasteiger partial charge in [-0.2, -0.15) is 10.4 Å². The summed E-state index contributed by atoms with van der Waals surface area (Å²) in [4.78, 5) is 0. The number of rotatable bonds is 3. The molecule has 1 aromatic heterocycles. The third-order valence-electron chi connectivity index (χ3n) is 2.23. The fourth-order valence-electron chi connectivity index (χ4n) is 1.45. The Labute approximate surface area is 98.9 Å². The molecular weight excluding hydrogens is 222 g/mol. The molecule has 2 rings (SSSR count). The minimum absolute atomic E-state index is 0.408. The Bertz CT molecular complexity index is 498. The highest BCUT2D eigenvalue weighted by molar-refractivity contribution is 6.22. The topological polar surface area (TPSA) is 41.6 Å². The van der Waals surface area contributed by atoms with Crippen molar-refractivity contribution in [3.8, 4) is 17.2 Å². The van der Waals surface area contributed by atoms with E-state index in [4.69, 9.17) is 16.9 Å². The molecule has 0 aliphatic heterocycles. The van der Waals surface area contributed by atoms with Crippen molar-refractivity contribution in [3.63, 3.8) is 0 Å². The third-order valence-corrected chi connectivity index (χ3v) is 2.46. The largest absolute Gasteiger partial charge is 0.270 e. The van der Waals surface area contributed by atoms with E-state index >= 15 is 0 Å². The number of aromatic nitrogens is 2. The van der Waals surface area contributed by atoms with Crippen LogP contribution in [0.1, 0.15) is 0 Å². The molecule has 0 aliphatic rings. The predicted molar refractivity (Wildman–Crippen MR) is 62.9 cm³/mol. The zero-order valence-electron chi connectivity index (χ0n) is 8.55. The molecule has 0 saturated heterocycles. The van der Waals surface area contributed by atoms with E-state index in [1.54, 1.807) is 10.9 Å². The lowest BCUT2D eigenvalue weighted by Gasteiger charge is -1.99. The molecule has 1 atom stereocenters. The zero-order chi connectivity index (χ0) is 11.4. The summed E-state index contributed by atoms with van der Waals surface area (Å²) in [7, 11) is 0. The highest BCUT2D eigenvalue weighted by atomic mass is 35.5. The van der Waals surface area contributed by atoms with Crippen LogP contribution in [0.4, 0.5) is 0 Å². The molecule has 0 spiro atoms. The Morgan fingerprint density at radius 1 is 1.31 bits per heavy atom. The molecule has 1 heterocycles. The summed E-state index contributed by atoms with van der Waals surface area (Å²) in [5.74, 6) is 0. The summed E-state index contributed by atoms with van der Waals surface area (Å²) in [5, 5.41) is 12.2. The van der Waals surface area contributed by atoms with Crippen molar-refractivity contribution < 1.29 is 0 Å². The lowest BCUT2D eigenvalue weighted by atomic mass is 10.1. The maximum atomic E-state index is 8.60. The summed E-state index contributed by atoms with van der Waals surface area (Å²) in [6.07, 6.45) is 3.67. The lowest BCUT2D eigenvalue weighted by molar-refractivity contribution is 0.632. The van der Waals surface area contributed by atoms with Crippen LogP contribution in [0.5, 0.6) is 0 Å². The predicted octanol–water partition coefficient (Wildman–Crippen LogP) is 2.68. The van der Waals surface area contributed by atoms with Gasteiger partial charge >= 0.3 is 0 Å². The number of hydrogen-bond donors (Lipinski definition) is 0. The van der Waals surface area contributed by atoms with Crippen LogP contribution in [0.2, 0.25) is 0 Å². The first kappa shape index (κ1) is 10.7. The van der Waals surface area contributed by atoms with E-state index in [1.807, 2.05) is 42.6 Å². The van der Waals surface area contributed by atoms with Gasteiger partial charge in [0, 0.05) is 11.8 Å². The molecule has 1 aromatic carbocycles. The van der Waals surface area contributed by atoms with Gasteiger partial charge in [0.2, 0.25) is 0 Å². The number of benzene rings is 1. The van der Waals surface area contributed by atoms with E-state index in [9.17, 15) is 0 Å². The second-order valence-corrected chi connectivity index (χ2v) is 3.94. The molecule has 0 radical (unpaired) electrons. The summed E-state index contributed by atoms with van der Waals surface area (Å²) in [5.41, 5.74) is 2.14. The van der Waals surface area contributed by atoms with E-state index in [0.29, 0.717) is 6.54 Å². The Morgan fingerprint density at radius 2 is 2.06 bits per heavy atom. The molecule has 16 heavy (non-hydrogen) atoms. The highest BCUT2D eigenvalue weighted by Gasteiger charge is 2.05.